The summed E-state index contributed by atoms with van der Waals surface area (Å²) in [5.74, 6) is -1.11. The van der Waals surface area contributed by atoms with Crippen LogP contribution in [0.1, 0.15) is 22.0 Å². The van der Waals surface area contributed by atoms with Gasteiger partial charge >= 0.3 is 5.97 Å². The summed E-state index contributed by atoms with van der Waals surface area (Å²) in [7, 11) is 1.33. The monoisotopic (exact) mass is 241 g/mol. The van der Waals surface area contributed by atoms with Crippen molar-refractivity contribution in [1.82, 2.24) is 0 Å². The molecule has 1 rings (SSSR count). The number of aliphatic hydroxyl groups excluding tert-OH is 2. The molecule has 2 atom stereocenters. The van der Waals surface area contributed by atoms with Crippen molar-refractivity contribution < 1.29 is 24.9 Å². The van der Waals surface area contributed by atoms with E-state index in [1.54, 1.807) is 0 Å². The molecule has 0 amide bonds. The first kappa shape index (κ1) is 13.4. The van der Waals surface area contributed by atoms with Gasteiger partial charge in [0.2, 0.25) is 0 Å². The smallest absolute Gasteiger partial charge is 0.339 e. The van der Waals surface area contributed by atoms with Crippen molar-refractivity contribution in [2.24, 2.45) is 5.73 Å². The summed E-state index contributed by atoms with van der Waals surface area (Å²) in [5, 5.41) is 28.3. The molecule has 1 aromatic rings. The summed E-state index contributed by atoms with van der Waals surface area (Å²) in [6.45, 7) is -0.169. The zero-order chi connectivity index (χ0) is 13.0. The van der Waals surface area contributed by atoms with Gasteiger partial charge in [-0.1, -0.05) is 12.1 Å². The van der Waals surface area contributed by atoms with Gasteiger partial charge in [0.15, 0.2) is 0 Å². The van der Waals surface area contributed by atoms with E-state index in [1.165, 1.54) is 25.3 Å². The Labute approximate surface area is 98.3 Å². The Morgan fingerprint density at radius 1 is 1.47 bits per heavy atom. The lowest BCUT2D eigenvalue weighted by atomic mass is 9.98. The fourth-order valence-electron chi connectivity index (χ4n) is 1.53. The van der Waals surface area contributed by atoms with Gasteiger partial charge in [0.05, 0.1) is 13.2 Å². The molecule has 0 bridgehead atoms. The lowest BCUT2D eigenvalue weighted by Crippen LogP contribution is -2.28. The number of hydrogen-bond acceptors (Lipinski definition) is 5. The quantitative estimate of drug-likeness (QED) is 0.565. The second-order valence-corrected chi connectivity index (χ2v) is 3.48. The highest BCUT2D eigenvalue weighted by Gasteiger charge is 2.25. The van der Waals surface area contributed by atoms with E-state index in [9.17, 15) is 15.0 Å². The average molecular weight is 241 g/mol. The molecule has 0 aliphatic heterocycles. The number of rotatable bonds is 5. The fraction of sp³-hybridized carbons (Fsp3) is 0.364. The summed E-state index contributed by atoms with van der Waals surface area (Å²) in [6, 6.07) is 4.41. The number of ether oxygens (including phenoxy) is 1. The number of aliphatic hydroxyl groups is 2. The van der Waals surface area contributed by atoms with Crippen LogP contribution >= 0.6 is 0 Å². The van der Waals surface area contributed by atoms with Crippen LogP contribution in [0.2, 0.25) is 0 Å². The molecule has 0 radical (unpaired) electrons. The highest BCUT2D eigenvalue weighted by atomic mass is 16.5. The average Bonchev–Trinajstić information content (AvgIpc) is 2.35. The first-order valence-electron chi connectivity index (χ1n) is 4.99. The van der Waals surface area contributed by atoms with E-state index in [2.05, 4.69) is 0 Å². The molecule has 5 N–H and O–H groups in total. The number of methoxy groups -OCH3 is 1. The molecule has 0 aliphatic rings. The molecule has 0 saturated carbocycles. The third-order valence-electron chi connectivity index (χ3n) is 2.42. The van der Waals surface area contributed by atoms with Crippen LogP contribution in [0, 0.1) is 0 Å². The van der Waals surface area contributed by atoms with Crippen LogP contribution in [-0.4, -0.2) is 41.0 Å². The maximum atomic E-state index is 11.1. The van der Waals surface area contributed by atoms with Crippen molar-refractivity contribution in [3.8, 4) is 5.75 Å². The minimum absolute atomic E-state index is 0.0785. The van der Waals surface area contributed by atoms with Crippen molar-refractivity contribution >= 4 is 5.97 Å². The summed E-state index contributed by atoms with van der Waals surface area (Å²) in [4.78, 5) is 11.1. The second kappa shape index (κ2) is 5.62. The van der Waals surface area contributed by atoms with Crippen LogP contribution in [0.5, 0.6) is 5.75 Å². The molecule has 6 heteroatoms. The fourth-order valence-corrected chi connectivity index (χ4v) is 1.53. The van der Waals surface area contributed by atoms with E-state index >= 15 is 0 Å². The highest BCUT2D eigenvalue weighted by Crippen LogP contribution is 2.28. The summed E-state index contributed by atoms with van der Waals surface area (Å²) < 4.78 is 4.91. The molecular formula is C11H15NO5. The Morgan fingerprint density at radius 2 is 2.12 bits per heavy atom. The van der Waals surface area contributed by atoms with E-state index in [-0.39, 0.29) is 23.4 Å². The molecule has 6 nitrogen and oxygen atoms in total. The summed E-state index contributed by atoms with van der Waals surface area (Å²) in [5.41, 5.74) is 5.13. The lowest BCUT2D eigenvalue weighted by molar-refractivity contribution is 0.0230. The third kappa shape index (κ3) is 2.73. The topological polar surface area (TPSA) is 113 Å². The number of carbonyl (C=O) groups is 1. The maximum absolute atomic E-state index is 11.1. The summed E-state index contributed by atoms with van der Waals surface area (Å²) >= 11 is 0. The normalized spacial score (nSPS) is 14.1. The van der Waals surface area contributed by atoms with Gasteiger partial charge in [-0.25, -0.2) is 4.79 Å². The molecule has 94 valence electrons. The zero-order valence-electron chi connectivity index (χ0n) is 9.33. The highest BCUT2D eigenvalue weighted by molar-refractivity contribution is 5.92. The van der Waals surface area contributed by atoms with Crippen LogP contribution in [-0.2, 0) is 0 Å². The van der Waals surface area contributed by atoms with E-state index < -0.39 is 18.2 Å². The predicted molar refractivity (Wildman–Crippen MR) is 60.0 cm³/mol. The minimum Gasteiger partial charge on any atom is -0.496 e. The first-order valence-corrected chi connectivity index (χ1v) is 4.99. The van der Waals surface area contributed by atoms with Crippen LogP contribution in [0.15, 0.2) is 18.2 Å². The van der Waals surface area contributed by atoms with Gasteiger partial charge in [-0.05, 0) is 6.07 Å². The molecule has 0 spiro atoms. The Balaban J connectivity index is 3.27. The molecule has 0 saturated heterocycles. The van der Waals surface area contributed by atoms with Crippen molar-refractivity contribution in [3.63, 3.8) is 0 Å². The number of carboxylic acid groups (broad SMARTS) is 1. The van der Waals surface area contributed by atoms with Gasteiger partial charge in [0.1, 0.15) is 17.4 Å². The van der Waals surface area contributed by atoms with Gasteiger partial charge in [0, 0.05) is 12.1 Å². The number of carboxylic acids is 1. The molecule has 0 aromatic heterocycles. The van der Waals surface area contributed by atoms with Crippen LogP contribution < -0.4 is 10.5 Å². The van der Waals surface area contributed by atoms with E-state index in [4.69, 9.17) is 15.6 Å². The third-order valence-corrected chi connectivity index (χ3v) is 2.42. The maximum Gasteiger partial charge on any atom is 0.339 e. The zero-order valence-corrected chi connectivity index (χ0v) is 9.33. The van der Waals surface area contributed by atoms with Crippen molar-refractivity contribution in [3.05, 3.63) is 29.3 Å². The van der Waals surface area contributed by atoms with Gasteiger partial charge < -0.3 is 25.8 Å². The van der Waals surface area contributed by atoms with E-state index in [1.807, 2.05) is 0 Å². The number of hydrogen-bond donors (Lipinski definition) is 4. The molecule has 0 fully saturated rings. The second-order valence-electron chi connectivity index (χ2n) is 3.48. The predicted octanol–water partition coefficient (Wildman–Crippen LogP) is -0.254. The van der Waals surface area contributed by atoms with Gasteiger partial charge in [-0.3, -0.25) is 0 Å². The molecular weight excluding hydrogens is 226 g/mol. The number of nitrogens with two attached hydrogens (primary N) is 1. The van der Waals surface area contributed by atoms with Crippen molar-refractivity contribution in [2.45, 2.75) is 12.2 Å². The largest absolute Gasteiger partial charge is 0.496 e. The lowest BCUT2D eigenvalue weighted by Gasteiger charge is -2.19. The first-order chi connectivity index (χ1) is 8.02. The van der Waals surface area contributed by atoms with Crippen molar-refractivity contribution in [1.29, 1.82) is 0 Å². The summed E-state index contributed by atoms with van der Waals surface area (Å²) in [6.07, 6.45) is -2.58. The standard InChI is InChI=1S/C11H15NO5/c1-17-8-4-2-3-6(9(8)11(15)16)10(14)7(13)5-12/h2-4,7,10,13-14H,5,12H2,1H3,(H,15,16). The number of aromatic carboxylic acids is 1. The minimum atomic E-state index is -1.36. The van der Waals surface area contributed by atoms with Gasteiger partial charge in [0.25, 0.3) is 0 Å². The Hall–Kier alpha value is -1.63. The molecule has 1 aromatic carbocycles. The van der Waals surface area contributed by atoms with Crippen LogP contribution in [0.3, 0.4) is 0 Å². The molecule has 2 unspecified atom stereocenters. The molecule has 0 heterocycles. The Bertz CT molecular complexity index is 407. The molecule has 17 heavy (non-hydrogen) atoms. The van der Waals surface area contributed by atoms with Gasteiger partial charge in [-0.2, -0.15) is 0 Å². The van der Waals surface area contributed by atoms with Crippen LogP contribution in [0.4, 0.5) is 0 Å². The Kier molecular flexibility index (Phi) is 4.45. The van der Waals surface area contributed by atoms with E-state index in [0.29, 0.717) is 0 Å². The van der Waals surface area contributed by atoms with Crippen molar-refractivity contribution in [2.75, 3.05) is 13.7 Å². The Morgan fingerprint density at radius 3 is 2.59 bits per heavy atom. The van der Waals surface area contributed by atoms with E-state index in [0.717, 1.165) is 0 Å². The van der Waals surface area contributed by atoms with Crippen LogP contribution in [0.25, 0.3) is 0 Å². The van der Waals surface area contributed by atoms with Gasteiger partial charge in [-0.15, -0.1) is 0 Å². The number of benzene rings is 1. The SMILES string of the molecule is COc1cccc(C(O)C(O)CN)c1C(=O)O. The molecule has 0 aliphatic carbocycles.